The van der Waals surface area contributed by atoms with Crippen molar-refractivity contribution in [2.24, 2.45) is 11.7 Å². The normalized spacial score (nSPS) is 18.5. The molecule has 1 aliphatic rings. The van der Waals surface area contributed by atoms with Gasteiger partial charge in [0.05, 0.1) is 10.8 Å². The molecule has 0 aromatic carbocycles. The van der Waals surface area contributed by atoms with Crippen molar-refractivity contribution in [3.63, 3.8) is 0 Å². The van der Waals surface area contributed by atoms with Crippen LogP contribution in [0.2, 0.25) is 0 Å². The monoisotopic (exact) mass is 308 g/mol. The van der Waals surface area contributed by atoms with E-state index in [9.17, 15) is 14.4 Å². The van der Waals surface area contributed by atoms with Gasteiger partial charge in [-0.3, -0.25) is 14.4 Å². The zero-order valence-corrected chi connectivity index (χ0v) is 12.9. The summed E-state index contributed by atoms with van der Waals surface area (Å²) in [6, 6.07) is 3.71. The third kappa shape index (κ3) is 4.14. The van der Waals surface area contributed by atoms with Gasteiger partial charge in [0.15, 0.2) is 5.78 Å². The smallest absolute Gasteiger partial charge is 0.223 e. The maximum absolute atomic E-state index is 12.1. The van der Waals surface area contributed by atoms with Crippen molar-refractivity contribution in [2.75, 3.05) is 13.1 Å². The molecule has 114 valence electrons. The molecular weight excluding hydrogens is 288 g/mol. The Hall–Kier alpha value is -1.69. The lowest BCUT2D eigenvalue weighted by Crippen LogP contribution is -2.44. The fraction of sp³-hybridized carbons (Fsp3) is 0.533. The van der Waals surface area contributed by atoms with Crippen LogP contribution in [-0.2, 0) is 9.59 Å². The zero-order valence-electron chi connectivity index (χ0n) is 12.1. The summed E-state index contributed by atoms with van der Waals surface area (Å²) in [5, 5.41) is 0. The molecule has 1 aromatic heterocycles. The molecule has 2 amide bonds. The largest absolute Gasteiger partial charge is 0.369 e. The predicted molar refractivity (Wildman–Crippen MR) is 81.1 cm³/mol. The average Bonchev–Trinajstić information content (AvgIpc) is 2.91. The number of primary amides is 1. The fourth-order valence-electron chi connectivity index (χ4n) is 2.52. The quantitative estimate of drug-likeness (QED) is 0.841. The van der Waals surface area contributed by atoms with Crippen LogP contribution in [0.15, 0.2) is 12.1 Å². The number of piperidine rings is 1. The topological polar surface area (TPSA) is 80.5 Å². The number of rotatable bonds is 5. The number of aryl methyl sites for hydroxylation is 1. The Labute approximate surface area is 128 Å². The van der Waals surface area contributed by atoms with Gasteiger partial charge in [-0.1, -0.05) is 0 Å². The Morgan fingerprint density at radius 2 is 2.10 bits per heavy atom. The van der Waals surface area contributed by atoms with Gasteiger partial charge in [0.25, 0.3) is 0 Å². The molecule has 0 spiro atoms. The third-order valence-corrected chi connectivity index (χ3v) is 4.80. The van der Waals surface area contributed by atoms with Crippen molar-refractivity contribution < 1.29 is 14.4 Å². The molecule has 2 heterocycles. The van der Waals surface area contributed by atoms with Crippen molar-refractivity contribution >= 4 is 28.9 Å². The van der Waals surface area contributed by atoms with Crippen molar-refractivity contribution in [2.45, 2.75) is 32.6 Å². The van der Waals surface area contributed by atoms with E-state index in [1.165, 1.54) is 11.3 Å². The molecule has 1 atom stereocenters. The minimum atomic E-state index is -0.349. The number of Topliss-reactive ketones (excluding diaryl/α,β-unsaturated/α-hetero) is 1. The number of nitrogens with zero attached hydrogens (tertiary/aromatic N) is 1. The molecule has 1 aliphatic heterocycles. The second kappa shape index (κ2) is 6.85. The molecule has 2 rings (SSSR count). The summed E-state index contributed by atoms with van der Waals surface area (Å²) in [7, 11) is 0. The molecule has 1 aromatic rings. The molecule has 0 unspecified atom stereocenters. The van der Waals surface area contributed by atoms with E-state index in [4.69, 9.17) is 5.73 Å². The van der Waals surface area contributed by atoms with Gasteiger partial charge >= 0.3 is 0 Å². The van der Waals surface area contributed by atoms with Crippen LogP contribution in [0.25, 0.3) is 0 Å². The van der Waals surface area contributed by atoms with E-state index in [2.05, 4.69) is 0 Å². The second-order valence-corrected chi connectivity index (χ2v) is 6.70. The minimum absolute atomic E-state index is 0.00455. The first-order valence-corrected chi connectivity index (χ1v) is 7.95. The number of hydrogen-bond donors (Lipinski definition) is 1. The maximum Gasteiger partial charge on any atom is 0.223 e. The highest BCUT2D eigenvalue weighted by molar-refractivity contribution is 7.14. The molecule has 1 saturated heterocycles. The van der Waals surface area contributed by atoms with Crippen molar-refractivity contribution in [3.8, 4) is 0 Å². The van der Waals surface area contributed by atoms with Gasteiger partial charge in [-0.05, 0) is 31.9 Å². The van der Waals surface area contributed by atoms with Gasteiger partial charge in [-0.25, -0.2) is 0 Å². The molecule has 0 bridgehead atoms. The lowest BCUT2D eigenvalue weighted by atomic mass is 9.97. The number of likely N-dealkylation sites (tertiary alicyclic amines) is 1. The molecular formula is C15H20N2O3S. The van der Waals surface area contributed by atoms with Crippen molar-refractivity contribution in [3.05, 3.63) is 21.9 Å². The summed E-state index contributed by atoms with van der Waals surface area (Å²) >= 11 is 1.45. The van der Waals surface area contributed by atoms with Gasteiger partial charge in [-0.15, -0.1) is 11.3 Å². The Morgan fingerprint density at radius 1 is 1.33 bits per heavy atom. The van der Waals surface area contributed by atoms with Gasteiger partial charge in [0, 0.05) is 30.8 Å². The minimum Gasteiger partial charge on any atom is -0.369 e. The lowest BCUT2D eigenvalue weighted by Gasteiger charge is -2.31. The SMILES string of the molecule is Cc1ccc(C(=O)CCC(=O)N2CCC[C@H](C(N)=O)C2)s1. The van der Waals surface area contributed by atoms with E-state index in [0.717, 1.165) is 17.7 Å². The summed E-state index contributed by atoms with van der Waals surface area (Å²) in [4.78, 5) is 38.8. The van der Waals surface area contributed by atoms with E-state index in [1.807, 2.05) is 13.0 Å². The van der Waals surface area contributed by atoms with Crippen LogP contribution >= 0.6 is 11.3 Å². The molecule has 5 nitrogen and oxygen atoms in total. The van der Waals surface area contributed by atoms with Crippen LogP contribution in [0.5, 0.6) is 0 Å². The van der Waals surface area contributed by atoms with Crippen molar-refractivity contribution in [1.29, 1.82) is 0 Å². The lowest BCUT2D eigenvalue weighted by molar-refractivity contribution is -0.134. The second-order valence-electron chi connectivity index (χ2n) is 5.41. The van der Waals surface area contributed by atoms with E-state index in [-0.39, 0.29) is 36.4 Å². The Morgan fingerprint density at radius 3 is 2.71 bits per heavy atom. The van der Waals surface area contributed by atoms with Gasteiger partial charge < -0.3 is 10.6 Å². The first kappa shape index (κ1) is 15.7. The molecule has 21 heavy (non-hydrogen) atoms. The van der Waals surface area contributed by atoms with Gasteiger partial charge in [0.1, 0.15) is 0 Å². The molecule has 1 fully saturated rings. The van der Waals surface area contributed by atoms with Crippen LogP contribution in [0.4, 0.5) is 0 Å². The van der Waals surface area contributed by atoms with Crippen LogP contribution in [0.3, 0.4) is 0 Å². The van der Waals surface area contributed by atoms with Gasteiger partial charge in [-0.2, -0.15) is 0 Å². The summed E-state index contributed by atoms with van der Waals surface area (Å²) < 4.78 is 0. The molecule has 6 heteroatoms. The third-order valence-electron chi connectivity index (χ3n) is 3.76. The summed E-state index contributed by atoms with van der Waals surface area (Å²) in [5.41, 5.74) is 5.30. The van der Waals surface area contributed by atoms with Crippen molar-refractivity contribution in [1.82, 2.24) is 4.90 Å². The first-order valence-electron chi connectivity index (χ1n) is 7.14. The number of ketones is 1. The Bertz CT molecular complexity index is 553. The Balaban J connectivity index is 1.84. The summed E-state index contributed by atoms with van der Waals surface area (Å²) in [6.45, 7) is 2.99. The van der Waals surface area contributed by atoms with Crippen LogP contribution < -0.4 is 5.73 Å². The molecule has 0 aliphatic carbocycles. The number of thiophene rings is 1. The molecule has 0 radical (unpaired) electrons. The van der Waals surface area contributed by atoms with Gasteiger partial charge in [0.2, 0.25) is 11.8 Å². The van der Waals surface area contributed by atoms with Crippen LogP contribution in [0.1, 0.15) is 40.2 Å². The van der Waals surface area contributed by atoms with E-state index in [1.54, 1.807) is 11.0 Å². The number of hydrogen-bond acceptors (Lipinski definition) is 4. The highest BCUT2D eigenvalue weighted by atomic mass is 32.1. The first-order chi connectivity index (χ1) is 9.97. The van der Waals surface area contributed by atoms with Crippen LogP contribution in [0, 0.1) is 12.8 Å². The van der Waals surface area contributed by atoms with E-state index < -0.39 is 0 Å². The fourth-order valence-corrected chi connectivity index (χ4v) is 3.36. The highest BCUT2D eigenvalue weighted by Crippen LogP contribution is 2.20. The number of carbonyl (C=O) groups is 3. The average molecular weight is 308 g/mol. The standard InChI is InChI=1S/C15H20N2O3S/c1-10-4-6-13(21-10)12(18)5-7-14(19)17-8-2-3-11(9-17)15(16)20/h4,6,11H,2-3,5,7-9H2,1H3,(H2,16,20)/t11-/m0/s1. The highest BCUT2D eigenvalue weighted by Gasteiger charge is 2.27. The zero-order chi connectivity index (χ0) is 15.4. The maximum atomic E-state index is 12.1. The molecule has 2 N–H and O–H groups in total. The number of nitrogens with two attached hydrogens (primary N) is 1. The van der Waals surface area contributed by atoms with Crippen LogP contribution in [-0.4, -0.2) is 35.6 Å². The number of amides is 2. The molecule has 0 saturated carbocycles. The summed E-state index contributed by atoms with van der Waals surface area (Å²) in [6.07, 6.45) is 1.95. The predicted octanol–water partition coefficient (Wildman–Crippen LogP) is 1.74. The summed E-state index contributed by atoms with van der Waals surface area (Å²) in [5.74, 6) is -0.663. The van der Waals surface area contributed by atoms with E-state index in [0.29, 0.717) is 18.0 Å². The Kier molecular flexibility index (Phi) is 5.12. The van der Waals surface area contributed by atoms with E-state index >= 15 is 0 Å². The number of carbonyl (C=O) groups excluding carboxylic acids is 3.